The van der Waals surface area contributed by atoms with Gasteiger partial charge in [-0.3, -0.25) is 9.52 Å². The van der Waals surface area contributed by atoms with Crippen molar-refractivity contribution in [3.05, 3.63) is 75.7 Å². The molecule has 1 aromatic heterocycles. The fraction of sp³-hybridized carbons (Fsp3) is 0.345. The lowest BCUT2D eigenvalue weighted by Crippen LogP contribution is -2.30. The molecule has 40 heavy (non-hydrogen) atoms. The molecule has 1 aliphatic rings. The second-order valence-corrected chi connectivity index (χ2v) is 12.6. The molecule has 0 fully saturated rings. The van der Waals surface area contributed by atoms with Gasteiger partial charge in [0, 0.05) is 10.6 Å². The number of nitrogens with one attached hydrogen (secondary N) is 2. The van der Waals surface area contributed by atoms with Gasteiger partial charge in [-0.05, 0) is 81.8 Å². The Morgan fingerprint density at radius 2 is 1.82 bits per heavy atom. The Balaban J connectivity index is 1.47. The highest BCUT2D eigenvalue weighted by atomic mass is 32.2. The number of hydrogen-bond donors (Lipinski definition) is 2. The van der Waals surface area contributed by atoms with Crippen LogP contribution in [0.3, 0.4) is 0 Å². The normalized spacial score (nSPS) is 15.4. The minimum absolute atomic E-state index is 0.0285. The molecule has 0 spiro atoms. The van der Waals surface area contributed by atoms with E-state index < -0.39 is 34.0 Å². The number of anilines is 2. The zero-order valence-electron chi connectivity index (χ0n) is 22.8. The number of thiophene rings is 1. The van der Waals surface area contributed by atoms with Gasteiger partial charge < -0.3 is 14.8 Å². The van der Waals surface area contributed by atoms with Gasteiger partial charge in [0.1, 0.15) is 5.00 Å². The first kappa shape index (κ1) is 29.3. The van der Waals surface area contributed by atoms with Crippen LogP contribution in [0.2, 0.25) is 0 Å². The maximum Gasteiger partial charge on any atom is 0.341 e. The Morgan fingerprint density at radius 3 is 2.52 bits per heavy atom. The lowest BCUT2D eigenvalue weighted by molar-refractivity contribution is -0.123. The summed E-state index contributed by atoms with van der Waals surface area (Å²) in [5.41, 5.74) is 2.60. The first-order valence-electron chi connectivity index (χ1n) is 13.0. The Hall–Kier alpha value is -3.70. The highest BCUT2D eigenvalue weighted by molar-refractivity contribution is 7.92. The van der Waals surface area contributed by atoms with Gasteiger partial charge in [-0.25, -0.2) is 18.0 Å². The Labute approximate surface area is 237 Å². The third kappa shape index (κ3) is 6.71. The molecule has 212 valence electrons. The summed E-state index contributed by atoms with van der Waals surface area (Å²) in [6.45, 7) is 7.37. The highest BCUT2D eigenvalue weighted by Crippen LogP contribution is 2.40. The number of hydrogen-bond acceptors (Lipinski definition) is 8. The fourth-order valence-electron chi connectivity index (χ4n) is 4.38. The van der Waals surface area contributed by atoms with Crippen LogP contribution < -0.4 is 10.0 Å². The van der Waals surface area contributed by atoms with E-state index in [-0.39, 0.29) is 17.1 Å². The summed E-state index contributed by atoms with van der Waals surface area (Å²) in [4.78, 5) is 39.5. The first-order chi connectivity index (χ1) is 19.0. The lowest BCUT2D eigenvalue weighted by atomic mass is 9.88. The van der Waals surface area contributed by atoms with Crippen molar-refractivity contribution in [2.75, 3.05) is 16.6 Å². The van der Waals surface area contributed by atoms with Crippen molar-refractivity contribution in [3.63, 3.8) is 0 Å². The molecule has 0 aliphatic heterocycles. The Kier molecular flexibility index (Phi) is 8.95. The van der Waals surface area contributed by atoms with Gasteiger partial charge in [0.05, 0.1) is 22.6 Å². The quantitative estimate of drug-likeness (QED) is 0.325. The summed E-state index contributed by atoms with van der Waals surface area (Å²) in [7, 11) is -3.97. The summed E-state index contributed by atoms with van der Waals surface area (Å²) in [5.74, 6) is -1.50. The van der Waals surface area contributed by atoms with Gasteiger partial charge in [-0.15, -0.1) is 11.3 Å². The van der Waals surface area contributed by atoms with Crippen molar-refractivity contribution in [2.24, 2.45) is 5.92 Å². The van der Waals surface area contributed by atoms with E-state index in [1.807, 2.05) is 6.92 Å². The van der Waals surface area contributed by atoms with E-state index >= 15 is 0 Å². The van der Waals surface area contributed by atoms with Crippen molar-refractivity contribution in [1.29, 1.82) is 0 Å². The summed E-state index contributed by atoms with van der Waals surface area (Å²) >= 11 is 1.34. The molecule has 3 aromatic rings. The Morgan fingerprint density at radius 1 is 1.10 bits per heavy atom. The topological polar surface area (TPSA) is 128 Å². The summed E-state index contributed by atoms with van der Waals surface area (Å²) in [6, 6.07) is 12.2. The van der Waals surface area contributed by atoms with Crippen LogP contribution in [0.4, 0.5) is 10.7 Å². The SMILES string of the molecule is CCOC(=O)c1c(NC(=O)[C@H](C)OC(=O)c2cccc(S(=O)(=O)Nc3ccc(C)cc3)c2)sc2c1CC[C@H](C)C2. The van der Waals surface area contributed by atoms with Crippen molar-refractivity contribution in [3.8, 4) is 0 Å². The van der Waals surface area contributed by atoms with Crippen LogP contribution in [0.1, 0.15) is 63.9 Å². The van der Waals surface area contributed by atoms with Gasteiger partial charge >= 0.3 is 11.9 Å². The maximum absolute atomic E-state index is 13.0. The molecule has 11 heteroatoms. The lowest BCUT2D eigenvalue weighted by Gasteiger charge is -2.18. The number of esters is 2. The minimum Gasteiger partial charge on any atom is -0.462 e. The van der Waals surface area contributed by atoms with Crippen molar-refractivity contribution in [1.82, 2.24) is 0 Å². The van der Waals surface area contributed by atoms with Crippen LogP contribution in [-0.2, 0) is 37.1 Å². The average molecular weight is 585 g/mol. The van der Waals surface area contributed by atoms with E-state index in [9.17, 15) is 22.8 Å². The number of sulfonamides is 1. The zero-order chi connectivity index (χ0) is 29.0. The number of benzene rings is 2. The van der Waals surface area contributed by atoms with Gasteiger partial charge in [0.2, 0.25) is 0 Å². The molecule has 4 rings (SSSR count). The first-order valence-corrected chi connectivity index (χ1v) is 15.3. The number of fused-ring (bicyclic) bond motifs is 1. The standard InChI is InChI=1S/C29H32N2O7S2/c1-5-37-29(34)25-23-14-11-18(3)15-24(23)39-27(25)30-26(32)19(4)38-28(33)20-7-6-8-22(16-20)40(35,36)31-21-12-9-17(2)10-13-21/h6-10,12-13,16,18-19,31H,5,11,14-15H2,1-4H3,(H,30,32)/t18-,19-/m0/s1. The number of carbonyl (C=O) groups excluding carboxylic acids is 3. The van der Waals surface area contributed by atoms with Crippen LogP contribution in [0.5, 0.6) is 0 Å². The van der Waals surface area contributed by atoms with Crippen LogP contribution in [-0.4, -0.2) is 39.0 Å². The molecule has 1 amide bonds. The van der Waals surface area contributed by atoms with Crippen molar-refractivity contribution < 1.29 is 32.3 Å². The number of carbonyl (C=O) groups is 3. The third-order valence-electron chi connectivity index (χ3n) is 6.56. The number of rotatable bonds is 9. The average Bonchev–Trinajstić information content (AvgIpc) is 3.26. The van der Waals surface area contributed by atoms with Crippen LogP contribution in [0.25, 0.3) is 0 Å². The van der Waals surface area contributed by atoms with Crippen LogP contribution in [0, 0.1) is 12.8 Å². The highest BCUT2D eigenvalue weighted by Gasteiger charge is 2.30. The van der Waals surface area contributed by atoms with E-state index in [1.165, 1.54) is 42.5 Å². The van der Waals surface area contributed by atoms with Crippen LogP contribution >= 0.6 is 11.3 Å². The zero-order valence-corrected chi connectivity index (χ0v) is 24.4. The minimum atomic E-state index is -3.97. The molecule has 0 saturated heterocycles. The van der Waals surface area contributed by atoms with E-state index in [0.29, 0.717) is 22.2 Å². The molecular formula is C29H32N2O7S2. The van der Waals surface area contributed by atoms with Crippen LogP contribution in [0.15, 0.2) is 53.4 Å². The van der Waals surface area contributed by atoms with Crippen molar-refractivity contribution >= 4 is 49.9 Å². The van der Waals surface area contributed by atoms with Crippen molar-refractivity contribution in [2.45, 2.75) is 58.0 Å². The predicted molar refractivity (Wildman–Crippen MR) is 153 cm³/mol. The fourth-order valence-corrected chi connectivity index (χ4v) is 6.89. The second-order valence-electron chi connectivity index (χ2n) is 9.81. The molecule has 0 radical (unpaired) electrons. The number of aryl methyl sites for hydroxylation is 1. The second kappa shape index (κ2) is 12.2. The van der Waals surface area contributed by atoms with Gasteiger partial charge in [-0.1, -0.05) is 30.7 Å². The predicted octanol–water partition coefficient (Wildman–Crippen LogP) is 5.34. The smallest absolute Gasteiger partial charge is 0.341 e. The monoisotopic (exact) mass is 584 g/mol. The van der Waals surface area contributed by atoms with E-state index in [0.717, 1.165) is 35.3 Å². The van der Waals surface area contributed by atoms with Gasteiger partial charge in [0.25, 0.3) is 15.9 Å². The summed E-state index contributed by atoms with van der Waals surface area (Å²) in [5, 5.41) is 3.12. The largest absolute Gasteiger partial charge is 0.462 e. The summed E-state index contributed by atoms with van der Waals surface area (Å²) in [6.07, 6.45) is 1.25. The third-order valence-corrected chi connectivity index (χ3v) is 9.11. The van der Waals surface area contributed by atoms with Gasteiger partial charge in [0.15, 0.2) is 6.10 Å². The molecule has 9 nitrogen and oxygen atoms in total. The van der Waals surface area contributed by atoms with E-state index in [4.69, 9.17) is 9.47 Å². The Bertz CT molecular complexity index is 1530. The number of amides is 1. The molecular weight excluding hydrogens is 552 g/mol. The molecule has 2 atom stereocenters. The molecule has 0 saturated carbocycles. The summed E-state index contributed by atoms with van der Waals surface area (Å²) < 4.78 is 38.8. The van der Waals surface area contributed by atoms with E-state index in [1.54, 1.807) is 31.2 Å². The number of ether oxygens (including phenoxy) is 2. The molecule has 2 aromatic carbocycles. The van der Waals surface area contributed by atoms with Gasteiger partial charge in [-0.2, -0.15) is 0 Å². The molecule has 1 heterocycles. The molecule has 1 aliphatic carbocycles. The maximum atomic E-state index is 13.0. The molecule has 0 unspecified atom stereocenters. The van der Waals surface area contributed by atoms with E-state index in [2.05, 4.69) is 17.0 Å². The molecule has 0 bridgehead atoms. The molecule has 2 N–H and O–H groups in total.